The van der Waals surface area contributed by atoms with Crippen LogP contribution < -0.4 is 5.32 Å². The summed E-state index contributed by atoms with van der Waals surface area (Å²) in [6.07, 6.45) is 3.01. The lowest BCUT2D eigenvalue weighted by Crippen LogP contribution is -2.44. The van der Waals surface area contributed by atoms with E-state index < -0.39 is 0 Å². The quantitative estimate of drug-likeness (QED) is 0.899. The van der Waals surface area contributed by atoms with Gasteiger partial charge < -0.3 is 10.2 Å². The summed E-state index contributed by atoms with van der Waals surface area (Å²) in [5, 5.41) is 7.53. The van der Waals surface area contributed by atoms with Gasteiger partial charge in [-0.1, -0.05) is 0 Å². The first-order valence-corrected chi connectivity index (χ1v) is 8.12. The summed E-state index contributed by atoms with van der Waals surface area (Å²) in [4.78, 5) is 14.5. The van der Waals surface area contributed by atoms with Gasteiger partial charge in [0.1, 0.15) is 0 Å². The van der Waals surface area contributed by atoms with Crippen molar-refractivity contribution in [3.8, 4) is 0 Å². The minimum Gasteiger partial charge on any atom is -0.340 e. The third-order valence-corrected chi connectivity index (χ3v) is 4.47. The summed E-state index contributed by atoms with van der Waals surface area (Å²) in [5.74, 6) is 0.876. The number of hydrogen-bond acceptors (Lipinski definition) is 3. The van der Waals surface area contributed by atoms with E-state index in [0.717, 1.165) is 25.2 Å². The summed E-state index contributed by atoms with van der Waals surface area (Å²) in [6, 6.07) is 2.33. The molecule has 1 aromatic rings. The number of piperidine rings is 1. The Hall–Kier alpha value is -0.870. The minimum absolute atomic E-state index is 0.263. The predicted molar refractivity (Wildman–Crippen MR) is 80.5 cm³/mol. The van der Waals surface area contributed by atoms with Crippen molar-refractivity contribution in [2.24, 2.45) is 5.92 Å². The second-order valence-corrected chi connectivity index (χ2v) is 6.44. The number of rotatable bonds is 5. The number of nitrogens with one attached hydrogen (secondary N) is 1. The highest BCUT2D eigenvalue weighted by Gasteiger charge is 2.22. The van der Waals surface area contributed by atoms with Crippen LogP contribution in [0.2, 0.25) is 0 Å². The molecule has 3 nitrogen and oxygen atoms in total. The Morgan fingerprint density at radius 1 is 1.58 bits per heavy atom. The maximum absolute atomic E-state index is 12.4. The standard InChI is InChI=1S/C15H24N2OS/c1-12(2)17(10-14-4-3-6-16-9-14)15(18)8-13-5-7-19-11-13/h5,7,11-12,14,16H,3-4,6,8-10H2,1-2H3. The zero-order valence-corrected chi connectivity index (χ0v) is 12.7. The van der Waals surface area contributed by atoms with Gasteiger partial charge in [0.25, 0.3) is 0 Å². The van der Waals surface area contributed by atoms with Gasteiger partial charge in [0.15, 0.2) is 0 Å². The van der Waals surface area contributed by atoms with E-state index >= 15 is 0 Å². The minimum atomic E-state index is 0.263. The number of hydrogen-bond donors (Lipinski definition) is 1. The Bertz CT molecular complexity index is 383. The molecule has 0 spiro atoms. The van der Waals surface area contributed by atoms with E-state index in [1.165, 1.54) is 12.8 Å². The fourth-order valence-electron chi connectivity index (χ4n) is 2.63. The molecule has 1 atom stereocenters. The maximum Gasteiger partial charge on any atom is 0.227 e. The smallest absolute Gasteiger partial charge is 0.227 e. The number of carbonyl (C=O) groups excluding carboxylic acids is 1. The molecule has 1 N–H and O–H groups in total. The van der Waals surface area contributed by atoms with Crippen LogP contribution in [0.5, 0.6) is 0 Å². The van der Waals surface area contributed by atoms with Gasteiger partial charge in [-0.3, -0.25) is 4.79 Å². The van der Waals surface area contributed by atoms with E-state index in [-0.39, 0.29) is 11.9 Å². The van der Waals surface area contributed by atoms with E-state index in [9.17, 15) is 4.79 Å². The molecule has 2 heterocycles. The molecule has 0 radical (unpaired) electrons. The highest BCUT2D eigenvalue weighted by Crippen LogP contribution is 2.16. The zero-order chi connectivity index (χ0) is 13.7. The molecule has 0 bridgehead atoms. The van der Waals surface area contributed by atoms with Crippen molar-refractivity contribution in [3.63, 3.8) is 0 Å². The Morgan fingerprint density at radius 2 is 2.42 bits per heavy atom. The van der Waals surface area contributed by atoms with E-state index in [0.29, 0.717) is 12.3 Å². The van der Waals surface area contributed by atoms with Crippen LogP contribution in [0, 0.1) is 5.92 Å². The SMILES string of the molecule is CC(C)N(CC1CCCNC1)C(=O)Cc1ccsc1. The van der Waals surface area contributed by atoms with Crippen molar-refractivity contribution in [2.75, 3.05) is 19.6 Å². The molecule has 4 heteroatoms. The highest BCUT2D eigenvalue weighted by molar-refractivity contribution is 7.07. The Kier molecular flexibility index (Phi) is 5.40. The third-order valence-electron chi connectivity index (χ3n) is 3.73. The fraction of sp³-hybridized carbons (Fsp3) is 0.667. The monoisotopic (exact) mass is 280 g/mol. The molecule has 0 saturated carbocycles. The Morgan fingerprint density at radius 3 is 3.00 bits per heavy atom. The van der Waals surface area contributed by atoms with Gasteiger partial charge in [0.2, 0.25) is 5.91 Å². The van der Waals surface area contributed by atoms with Crippen LogP contribution >= 0.6 is 11.3 Å². The van der Waals surface area contributed by atoms with Gasteiger partial charge in [-0.05, 0) is 68.1 Å². The molecular weight excluding hydrogens is 256 g/mol. The van der Waals surface area contributed by atoms with Crippen molar-refractivity contribution in [1.82, 2.24) is 10.2 Å². The predicted octanol–water partition coefficient (Wildman–Crippen LogP) is 2.53. The van der Waals surface area contributed by atoms with Crippen molar-refractivity contribution >= 4 is 17.2 Å². The van der Waals surface area contributed by atoms with Crippen molar-refractivity contribution in [1.29, 1.82) is 0 Å². The molecule has 1 saturated heterocycles. The second kappa shape index (κ2) is 7.06. The van der Waals surface area contributed by atoms with E-state index in [1.807, 2.05) is 11.4 Å². The van der Waals surface area contributed by atoms with Crippen LogP contribution in [0.25, 0.3) is 0 Å². The molecule has 1 fully saturated rings. The first-order valence-electron chi connectivity index (χ1n) is 7.18. The summed E-state index contributed by atoms with van der Waals surface area (Å²) >= 11 is 1.66. The summed E-state index contributed by atoms with van der Waals surface area (Å²) in [5.41, 5.74) is 1.14. The molecule has 19 heavy (non-hydrogen) atoms. The Balaban J connectivity index is 1.92. The van der Waals surface area contributed by atoms with Crippen LogP contribution in [0.1, 0.15) is 32.3 Å². The average Bonchev–Trinajstić information content (AvgIpc) is 2.89. The molecule has 1 amide bonds. The first kappa shape index (κ1) is 14.5. The lowest BCUT2D eigenvalue weighted by atomic mass is 9.98. The van der Waals surface area contributed by atoms with E-state index in [4.69, 9.17) is 0 Å². The third kappa shape index (κ3) is 4.32. The fourth-order valence-corrected chi connectivity index (χ4v) is 3.30. The lowest BCUT2D eigenvalue weighted by Gasteiger charge is -2.33. The topological polar surface area (TPSA) is 32.3 Å². The number of thiophene rings is 1. The van der Waals surface area contributed by atoms with Crippen LogP contribution in [0.15, 0.2) is 16.8 Å². The van der Waals surface area contributed by atoms with Gasteiger partial charge in [0.05, 0.1) is 6.42 Å². The first-order chi connectivity index (χ1) is 9.16. The van der Waals surface area contributed by atoms with Gasteiger partial charge in [0, 0.05) is 12.6 Å². The van der Waals surface area contributed by atoms with Gasteiger partial charge >= 0.3 is 0 Å². The molecule has 1 unspecified atom stereocenters. The number of amides is 1. The maximum atomic E-state index is 12.4. The van der Waals surface area contributed by atoms with Gasteiger partial charge in [-0.25, -0.2) is 0 Å². The molecule has 1 aliphatic rings. The summed E-state index contributed by atoms with van der Waals surface area (Å²) < 4.78 is 0. The molecule has 106 valence electrons. The van der Waals surface area contributed by atoms with E-state index in [1.54, 1.807) is 11.3 Å². The van der Waals surface area contributed by atoms with Crippen LogP contribution in [-0.4, -0.2) is 36.5 Å². The molecule has 1 aliphatic heterocycles. The highest BCUT2D eigenvalue weighted by atomic mass is 32.1. The van der Waals surface area contributed by atoms with Crippen LogP contribution in [0.4, 0.5) is 0 Å². The molecular formula is C15H24N2OS. The molecule has 0 aromatic carbocycles. The van der Waals surface area contributed by atoms with Crippen LogP contribution in [-0.2, 0) is 11.2 Å². The van der Waals surface area contributed by atoms with Crippen molar-refractivity contribution in [3.05, 3.63) is 22.4 Å². The Labute approximate surface area is 120 Å². The number of nitrogens with zero attached hydrogens (tertiary/aromatic N) is 1. The second-order valence-electron chi connectivity index (χ2n) is 5.66. The summed E-state index contributed by atoms with van der Waals surface area (Å²) in [6.45, 7) is 7.30. The summed E-state index contributed by atoms with van der Waals surface area (Å²) in [7, 11) is 0. The van der Waals surface area contributed by atoms with Gasteiger partial charge in [-0.2, -0.15) is 11.3 Å². The van der Waals surface area contributed by atoms with E-state index in [2.05, 4.69) is 29.4 Å². The van der Waals surface area contributed by atoms with Gasteiger partial charge in [-0.15, -0.1) is 0 Å². The average molecular weight is 280 g/mol. The molecule has 2 rings (SSSR count). The molecule has 0 aliphatic carbocycles. The molecule has 1 aromatic heterocycles. The normalized spacial score (nSPS) is 19.6. The largest absolute Gasteiger partial charge is 0.340 e. The van der Waals surface area contributed by atoms with Crippen molar-refractivity contribution < 1.29 is 4.79 Å². The van der Waals surface area contributed by atoms with Crippen LogP contribution in [0.3, 0.4) is 0 Å². The zero-order valence-electron chi connectivity index (χ0n) is 11.9. The number of carbonyl (C=O) groups is 1. The van der Waals surface area contributed by atoms with Crippen molar-refractivity contribution in [2.45, 2.75) is 39.2 Å². The lowest BCUT2D eigenvalue weighted by molar-refractivity contribution is -0.133.